The molecule has 0 saturated heterocycles. The van der Waals surface area contributed by atoms with Crippen molar-refractivity contribution in [1.82, 2.24) is 9.97 Å². The summed E-state index contributed by atoms with van der Waals surface area (Å²) in [6.45, 7) is 4.98. The van der Waals surface area contributed by atoms with Crippen LogP contribution in [0.3, 0.4) is 0 Å². The van der Waals surface area contributed by atoms with E-state index in [1.165, 1.54) is 11.1 Å². The average Bonchev–Trinajstić information content (AvgIpc) is 2.80. The molecule has 0 bridgehead atoms. The molecule has 3 aromatic rings. The molecule has 1 aromatic carbocycles. The zero-order chi connectivity index (χ0) is 21.8. The van der Waals surface area contributed by atoms with Crippen molar-refractivity contribution in [3.63, 3.8) is 0 Å². The van der Waals surface area contributed by atoms with Crippen molar-refractivity contribution in [2.24, 2.45) is 0 Å². The third kappa shape index (κ3) is 4.55. The first-order valence-corrected chi connectivity index (χ1v) is 10.9. The molecule has 0 fully saturated rings. The second kappa shape index (κ2) is 9.21. The molecule has 158 valence electrons. The summed E-state index contributed by atoms with van der Waals surface area (Å²) in [4.78, 5) is 32.0. The third-order valence-corrected chi connectivity index (χ3v) is 5.65. The quantitative estimate of drug-likeness (QED) is 0.603. The van der Waals surface area contributed by atoms with Crippen LogP contribution in [0.25, 0.3) is 11.1 Å². The number of hydrogen-bond acceptors (Lipinski definition) is 5. The van der Waals surface area contributed by atoms with Gasteiger partial charge < -0.3 is 5.32 Å². The van der Waals surface area contributed by atoms with Crippen LogP contribution in [0.15, 0.2) is 54.7 Å². The molecule has 2 aromatic heterocycles. The molecule has 3 heterocycles. The van der Waals surface area contributed by atoms with Crippen molar-refractivity contribution >= 4 is 17.3 Å². The summed E-state index contributed by atoms with van der Waals surface area (Å²) >= 11 is 0. The van der Waals surface area contributed by atoms with E-state index in [9.17, 15) is 9.59 Å². The van der Waals surface area contributed by atoms with Crippen molar-refractivity contribution in [3.05, 3.63) is 77.4 Å². The molecule has 0 atom stereocenters. The number of rotatable bonds is 2. The lowest BCUT2D eigenvalue weighted by Gasteiger charge is -2.20. The Balaban J connectivity index is 0.000000177. The summed E-state index contributed by atoms with van der Waals surface area (Å²) in [7, 11) is 0. The number of ketones is 2. The molecular formula is C26H27N3O2. The third-order valence-electron chi connectivity index (χ3n) is 5.65. The zero-order valence-electron chi connectivity index (χ0n) is 18.0. The number of nitrogens with zero attached hydrogens (tertiary/aromatic N) is 2. The minimum absolute atomic E-state index is 0.138. The maximum atomic E-state index is 12.2. The van der Waals surface area contributed by atoms with Gasteiger partial charge in [0.05, 0.1) is 5.69 Å². The van der Waals surface area contributed by atoms with Gasteiger partial charge in [0.15, 0.2) is 11.6 Å². The highest BCUT2D eigenvalue weighted by Gasteiger charge is 2.23. The average molecular weight is 414 g/mol. The summed E-state index contributed by atoms with van der Waals surface area (Å²) in [5, 5.41) is 3.11. The van der Waals surface area contributed by atoms with Crippen molar-refractivity contribution < 1.29 is 9.59 Å². The Bertz CT molecular complexity index is 1110. The molecular weight excluding hydrogens is 386 g/mol. The van der Waals surface area contributed by atoms with Gasteiger partial charge in [0.1, 0.15) is 11.4 Å². The van der Waals surface area contributed by atoms with Gasteiger partial charge in [0, 0.05) is 31.3 Å². The molecule has 2 aliphatic rings. The number of fused-ring (bicyclic) bond motifs is 2. The first kappa shape index (κ1) is 20.9. The van der Waals surface area contributed by atoms with Gasteiger partial charge in [0.25, 0.3) is 0 Å². The number of carbonyl (C=O) groups is 2. The molecule has 1 aliphatic carbocycles. The van der Waals surface area contributed by atoms with Crippen LogP contribution in [-0.2, 0) is 6.42 Å². The molecule has 5 nitrogen and oxygen atoms in total. The number of nitrogens with one attached hydrogen (secondary N) is 1. The second-order valence-corrected chi connectivity index (χ2v) is 8.22. The summed E-state index contributed by atoms with van der Waals surface area (Å²) in [5.41, 5.74) is 6.67. The fourth-order valence-corrected chi connectivity index (χ4v) is 3.99. The first-order valence-electron chi connectivity index (χ1n) is 10.9. The van der Waals surface area contributed by atoms with Crippen LogP contribution in [0.1, 0.15) is 71.3 Å². The van der Waals surface area contributed by atoms with Crippen molar-refractivity contribution in [3.8, 4) is 11.1 Å². The first-order chi connectivity index (χ1) is 15.0. The number of Topliss-reactive ketones (excluding diaryl/α,β-unsaturated/α-hetero) is 2. The van der Waals surface area contributed by atoms with Crippen molar-refractivity contribution in [2.45, 2.75) is 45.4 Å². The molecule has 0 saturated carbocycles. The van der Waals surface area contributed by atoms with Crippen molar-refractivity contribution in [2.75, 3.05) is 11.9 Å². The van der Waals surface area contributed by atoms with E-state index in [-0.39, 0.29) is 11.6 Å². The predicted molar refractivity (Wildman–Crippen MR) is 123 cm³/mol. The minimum atomic E-state index is 0.138. The highest BCUT2D eigenvalue weighted by molar-refractivity contribution is 6.01. The highest BCUT2D eigenvalue weighted by Crippen LogP contribution is 2.33. The van der Waals surface area contributed by atoms with Crippen LogP contribution in [0.4, 0.5) is 5.69 Å². The fraction of sp³-hybridized carbons (Fsp3) is 0.308. The van der Waals surface area contributed by atoms with Crippen LogP contribution < -0.4 is 5.32 Å². The molecule has 31 heavy (non-hydrogen) atoms. The number of anilines is 1. The second-order valence-electron chi connectivity index (χ2n) is 8.22. The van der Waals surface area contributed by atoms with Gasteiger partial charge in [-0.3, -0.25) is 14.6 Å². The van der Waals surface area contributed by atoms with Gasteiger partial charge in [-0.15, -0.1) is 0 Å². The van der Waals surface area contributed by atoms with Crippen LogP contribution in [0.5, 0.6) is 0 Å². The monoisotopic (exact) mass is 413 g/mol. The van der Waals surface area contributed by atoms with Crippen LogP contribution in [-0.4, -0.2) is 28.1 Å². The normalized spacial score (nSPS) is 14.8. The van der Waals surface area contributed by atoms with Gasteiger partial charge in [0.2, 0.25) is 0 Å². The summed E-state index contributed by atoms with van der Waals surface area (Å²) in [6, 6.07) is 16.2. The minimum Gasteiger partial charge on any atom is -0.383 e. The molecule has 5 heteroatoms. The number of hydrogen-bond donors (Lipinski definition) is 1. The van der Waals surface area contributed by atoms with E-state index >= 15 is 0 Å². The Morgan fingerprint density at radius 1 is 0.903 bits per heavy atom. The standard InChI is InChI=1S/C18H19NO.C8H8N2O/c1-12(2)16-11-15(13-7-4-3-5-8-13)14-9-6-10-17(20)18(14)19-16;11-7-3-5-9-6-2-1-4-10-8(6)7/h3-5,7-8,11-12H,6,9-10H2,1-2H3;1-2,4,9H,3,5H2. The van der Waals surface area contributed by atoms with E-state index in [0.717, 1.165) is 36.3 Å². The maximum absolute atomic E-state index is 12.2. The largest absolute Gasteiger partial charge is 0.383 e. The van der Waals surface area contributed by atoms with E-state index in [2.05, 4.69) is 47.3 Å². The number of aromatic nitrogens is 2. The van der Waals surface area contributed by atoms with Crippen LogP contribution in [0.2, 0.25) is 0 Å². The lowest BCUT2D eigenvalue weighted by atomic mass is 9.87. The maximum Gasteiger partial charge on any atom is 0.185 e. The fourth-order valence-electron chi connectivity index (χ4n) is 3.99. The molecule has 0 radical (unpaired) electrons. The van der Waals surface area contributed by atoms with Crippen molar-refractivity contribution in [1.29, 1.82) is 0 Å². The van der Waals surface area contributed by atoms with Crippen LogP contribution in [0, 0.1) is 0 Å². The van der Waals surface area contributed by atoms with Gasteiger partial charge in [-0.2, -0.15) is 0 Å². The lowest BCUT2D eigenvalue weighted by molar-refractivity contribution is 0.0963. The highest BCUT2D eigenvalue weighted by atomic mass is 16.1. The summed E-state index contributed by atoms with van der Waals surface area (Å²) < 4.78 is 0. The Kier molecular flexibility index (Phi) is 6.21. The van der Waals surface area contributed by atoms with Gasteiger partial charge in [-0.25, -0.2) is 4.98 Å². The molecule has 0 amide bonds. The molecule has 0 spiro atoms. The topological polar surface area (TPSA) is 72.0 Å². The van der Waals surface area contributed by atoms with E-state index < -0.39 is 0 Å². The van der Waals surface area contributed by atoms with Gasteiger partial charge in [-0.05, 0) is 53.6 Å². The molecule has 0 unspecified atom stereocenters. The number of carbonyl (C=O) groups excluding carboxylic acids is 2. The zero-order valence-corrected chi connectivity index (χ0v) is 18.0. The van der Waals surface area contributed by atoms with E-state index in [1.54, 1.807) is 6.20 Å². The Morgan fingerprint density at radius 3 is 2.42 bits per heavy atom. The summed E-state index contributed by atoms with van der Waals surface area (Å²) in [5.74, 6) is 0.669. The van der Waals surface area contributed by atoms with Gasteiger partial charge in [-0.1, -0.05) is 44.2 Å². The molecule has 1 N–H and O–H groups in total. The van der Waals surface area contributed by atoms with Crippen LogP contribution >= 0.6 is 0 Å². The Morgan fingerprint density at radius 2 is 1.68 bits per heavy atom. The predicted octanol–water partition coefficient (Wildman–Crippen LogP) is 5.47. The molecule has 5 rings (SSSR count). The van der Waals surface area contributed by atoms with E-state index in [0.29, 0.717) is 30.1 Å². The Labute approximate surface area is 183 Å². The van der Waals surface area contributed by atoms with E-state index in [4.69, 9.17) is 0 Å². The van der Waals surface area contributed by atoms with Gasteiger partial charge >= 0.3 is 0 Å². The lowest BCUT2D eigenvalue weighted by Crippen LogP contribution is -2.18. The number of benzene rings is 1. The smallest absolute Gasteiger partial charge is 0.185 e. The van der Waals surface area contributed by atoms with E-state index in [1.807, 2.05) is 30.3 Å². The molecule has 1 aliphatic heterocycles. The summed E-state index contributed by atoms with van der Waals surface area (Å²) in [6.07, 6.45) is 4.73. The SMILES string of the molecule is CC(C)c1cc(-c2ccccc2)c2c(n1)C(=O)CCC2.O=C1CCNc2cccnc21. The number of pyridine rings is 2. The Hall–Kier alpha value is -3.34.